The van der Waals surface area contributed by atoms with Crippen LogP contribution in [0.3, 0.4) is 0 Å². The molecule has 0 fully saturated rings. The zero-order chi connectivity index (χ0) is 16.7. The number of hydrogen-bond donors (Lipinski definition) is 2. The van der Waals surface area contributed by atoms with Gasteiger partial charge in [0, 0.05) is 42.2 Å². The number of anilines is 1. The molecule has 25 heavy (non-hydrogen) atoms. The highest BCUT2D eigenvalue weighted by Gasteiger charge is 2.13. The molecule has 1 aromatic carbocycles. The van der Waals surface area contributed by atoms with Gasteiger partial charge in [0.2, 0.25) is 5.91 Å². The summed E-state index contributed by atoms with van der Waals surface area (Å²) in [6, 6.07) is 9.02. The Morgan fingerprint density at radius 3 is 2.64 bits per heavy atom. The zero-order valence-electron chi connectivity index (χ0n) is 14.1. The lowest BCUT2D eigenvalue weighted by Gasteiger charge is -2.14. The third-order valence-electron chi connectivity index (χ3n) is 3.35. The van der Waals surface area contributed by atoms with Gasteiger partial charge in [0.05, 0.1) is 7.11 Å². The molecule has 138 valence electrons. The average molecular weight is 388 g/mol. The number of nitrogens with two attached hydrogens (primary N) is 1. The summed E-state index contributed by atoms with van der Waals surface area (Å²) in [5.41, 5.74) is 7.08. The zero-order valence-corrected chi connectivity index (χ0v) is 15.7. The molecule has 1 unspecified atom stereocenters. The number of carbonyl (C=O) groups excluding carboxylic acids is 1. The standard InChI is InChI=1S/C17H21N3O3.2ClH/c1-12(9-18)17(21)20-14-5-6-15(22-2)16(8-14)23-11-13-4-3-7-19-10-13;;/h3-8,10,12H,9,11,18H2,1-2H3,(H,20,21);2*1H. The molecule has 0 aliphatic rings. The van der Waals surface area contributed by atoms with Crippen LogP contribution in [0.4, 0.5) is 5.69 Å². The number of ether oxygens (including phenoxy) is 2. The normalized spacial score (nSPS) is 10.7. The lowest BCUT2D eigenvalue weighted by atomic mass is 10.1. The highest BCUT2D eigenvalue weighted by atomic mass is 35.5. The van der Waals surface area contributed by atoms with Gasteiger partial charge >= 0.3 is 0 Å². The number of amides is 1. The summed E-state index contributed by atoms with van der Waals surface area (Å²) in [6.07, 6.45) is 3.44. The molecule has 0 saturated heterocycles. The van der Waals surface area contributed by atoms with Crippen molar-refractivity contribution in [1.82, 2.24) is 4.98 Å². The van der Waals surface area contributed by atoms with E-state index in [2.05, 4.69) is 10.3 Å². The number of aromatic nitrogens is 1. The fourth-order valence-corrected chi connectivity index (χ4v) is 1.88. The van der Waals surface area contributed by atoms with Crippen molar-refractivity contribution < 1.29 is 14.3 Å². The lowest BCUT2D eigenvalue weighted by Crippen LogP contribution is -2.26. The molecule has 2 rings (SSSR count). The third kappa shape index (κ3) is 6.78. The molecule has 0 bridgehead atoms. The molecule has 1 amide bonds. The van der Waals surface area contributed by atoms with Gasteiger partial charge in [-0.1, -0.05) is 13.0 Å². The van der Waals surface area contributed by atoms with Gasteiger partial charge in [-0.15, -0.1) is 24.8 Å². The first kappa shape index (κ1) is 23.0. The highest BCUT2D eigenvalue weighted by molar-refractivity contribution is 5.92. The Morgan fingerprint density at radius 2 is 2.04 bits per heavy atom. The molecule has 0 saturated carbocycles. The fourth-order valence-electron chi connectivity index (χ4n) is 1.88. The van der Waals surface area contributed by atoms with E-state index < -0.39 is 0 Å². The number of nitrogens with one attached hydrogen (secondary N) is 1. The van der Waals surface area contributed by atoms with E-state index in [0.717, 1.165) is 5.56 Å². The summed E-state index contributed by atoms with van der Waals surface area (Å²) in [4.78, 5) is 16.0. The van der Waals surface area contributed by atoms with Gasteiger partial charge in [-0.05, 0) is 18.2 Å². The Balaban J connectivity index is 0.00000288. The average Bonchev–Trinajstić information content (AvgIpc) is 2.60. The Morgan fingerprint density at radius 1 is 1.28 bits per heavy atom. The van der Waals surface area contributed by atoms with Crippen LogP contribution in [-0.2, 0) is 11.4 Å². The number of carbonyl (C=O) groups is 1. The molecule has 0 aliphatic heterocycles. The van der Waals surface area contributed by atoms with Crippen LogP contribution in [0.15, 0.2) is 42.7 Å². The molecule has 2 aromatic rings. The summed E-state index contributed by atoms with van der Waals surface area (Å²) >= 11 is 0. The number of halogens is 2. The Kier molecular flexibility index (Phi) is 10.6. The first-order valence-electron chi connectivity index (χ1n) is 7.34. The smallest absolute Gasteiger partial charge is 0.228 e. The van der Waals surface area contributed by atoms with Crippen LogP contribution < -0.4 is 20.5 Å². The van der Waals surface area contributed by atoms with Gasteiger partial charge in [0.25, 0.3) is 0 Å². The predicted octanol–water partition coefficient (Wildman–Crippen LogP) is 3.05. The second-order valence-electron chi connectivity index (χ2n) is 5.14. The molecule has 1 heterocycles. The van der Waals surface area contributed by atoms with Crippen LogP contribution in [0.25, 0.3) is 0 Å². The van der Waals surface area contributed by atoms with Gasteiger partial charge in [-0.2, -0.15) is 0 Å². The van der Waals surface area contributed by atoms with E-state index in [-0.39, 0.29) is 36.6 Å². The Hall–Kier alpha value is -2.02. The monoisotopic (exact) mass is 387 g/mol. The molecule has 3 N–H and O–H groups in total. The van der Waals surface area contributed by atoms with Crippen LogP contribution in [0.1, 0.15) is 12.5 Å². The van der Waals surface area contributed by atoms with E-state index in [4.69, 9.17) is 15.2 Å². The third-order valence-corrected chi connectivity index (χ3v) is 3.35. The van der Waals surface area contributed by atoms with Gasteiger partial charge in [0.15, 0.2) is 11.5 Å². The molecule has 8 heteroatoms. The number of nitrogens with zero attached hydrogens (tertiary/aromatic N) is 1. The van der Waals surface area contributed by atoms with Crippen LogP contribution in [0.2, 0.25) is 0 Å². The quantitative estimate of drug-likeness (QED) is 0.762. The van der Waals surface area contributed by atoms with Crippen LogP contribution in [0.5, 0.6) is 11.5 Å². The minimum absolute atomic E-state index is 0. The SMILES string of the molecule is COc1ccc(NC(=O)C(C)CN)cc1OCc1cccnc1.Cl.Cl. The van der Waals surface area contributed by atoms with Crippen molar-refractivity contribution in [3.05, 3.63) is 48.3 Å². The minimum atomic E-state index is -0.253. The number of benzene rings is 1. The second-order valence-corrected chi connectivity index (χ2v) is 5.14. The number of rotatable bonds is 7. The second kappa shape index (κ2) is 11.5. The lowest BCUT2D eigenvalue weighted by molar-refractivity contribution is -0.119. The van der Waals surface area contributed by atoms with Crippen molar-refractivity contribution >= 4 is 36.4 Å². The maximum absolute atomic E-state index is 11.9. The number of pyridine rings is 1. The molecular formula is C17H23Cl2N3O3. The first-order chi connectivity index (χ1) is 11.1. The highest BCUT2D eigenvalue weighted by Crippen LogP contribution is 2.31. The Bertz CT molecular complexity index is 657. The van der Waals surface area contributed by atoms with E-state index >= 15 is 0 Å². The molecule has 0 spiro atoms. The maximum atomic E-state index is 11.9. The molecule has 6 nitrogen and oxygen atoms in total. The van der Waals surface area contributed by atoms with Crippen molar-refractivity contribution in [3.8, 4) is 11.5 Å². The van der Waals surface area contributed by atoms with Crippen LogP contribution in [-0.4, -0.2) is 24.5 Å². The topological polar surface area (TPSA) is 86.5 Å². The molecule has 1 atom stereocenters. The Labute approximate surface area is 159 Å². The van der Waals surface area contributed by atoms with E-state index in [0.29, 0.717) is 30.3 Å². The summed E-state index contributed by atoms with van der Waals surface area (Å²) in [5, 5.41) is 2.82. The summed E-state index contributed by atoms with van der Waals surface area (Å²) in [6.45, 7) is 2.44. The van der Waals surface area contributed by atoms with E-state index in [1.807, 2.05) is 12.1 Å². The fraction of sp³-hybridized carbons (Fsp3) is 0.294. The molecular weight excluding hydrogens is 365 g/mol. The van der Waals surface area contributed by atoms with Crippen molar-refractivity contribution in [3.63, 3.8) is 0 Å². The van der Waals surface area contributed by atoms with Crippen molar-refractivity contribution in [2.24, 2.45) is 11.7 Å². The van der Waals surface area contributed by atoms with Crippen molar-refractivity contribution in [2.45, 2.75) is 13.5 Å². The molecule has 0 radical (unpaired) electrons. The van der Waals surface area contributed by atoms with Gasteiger partial charge in [0.1, 0.15) is 6.61 Å². The van der Waals surface area contributed by atoms with Gasteiger partial charge in [-0.25, -0.2) is 0 Å². The van der Waals surface area contributed by atoms with Crippen molar-refractivity contribution in [2.75, 3.05) is 19.0 Å². The summed E-state index contributed by atoms with van der Waals surface area (Å²) in [7, 11) is 1.57. The van der Waals surface area contributed by atoms with E-state index in [1.165, 1.54) is 0 Å². The first-order valence-corrected chi connectivity index (χ1v) is 7.34. The van der Waals surface area contributed by atoms with Crippen molar-refractivity contribution in [1.29, 1.82) is 0 Å². The van der Waals surface area contributed by atoms with E-state index in [1.54, 1.807) is 44.6 Å². The minimum Gasteiger partial charge on any atom is -0.493 e. The van der Waals surface area contributed by atoms with Gasteiger partial charge in [-0.3, -0.25) is 9.78 Å². The predicted molar refractivity (Wildman–Crippen MR) is 103 cm³/mol. The summed E-state index contributed by atoms with van der Waals surface area (Å²) < 4.78 is 11.1. The van der Waals surface area contributed by atoms with Crippen LogP contribution >= 0.6 is 24.8 Å². The summed E-state index contributed by atoms with van der Waals surface area (Å²) in [5.74, 6) is 0.765. The number of methoxy groups -OCH3 is 1. The van der Waals surface area contributed by atoms with E-state index in [9.17, 15) is 4.79 Å². The largest absolute Gasteiger partial charge is 0.493 e. The molecule has 1 aromatic heterocycles. The van der Waals surface area contributed by atoms with Crippen LogP contribution in [0, 0.1) is 5.92 Å². The molecule has 0 aliphatic carbocycles. The maximum Gasteiger partial charge on any atom is 0.228 e. The number of hydrogen-bond acceptors (Lipinski definition) is 5. The van der Waals surface area contributed by atoms with Gasteiger partial charge < -0.3 is 20.5 Å².